The Hall–Kier alpha value is -1.59. The van der Waals surface area contributed by atoms with Crippen LogP contribution < -0.4 is 5.73 Å². The lowest BCUT2D eigenvalue weighted by Gasteiger charge is -2.24. The molecular formula is C16H18BrClFN3O4S. The summed E-state index contributed by atoms with van der Waals surface area (Å²) in [6, 6.07) is 8.24. The topological polar surface area (TPSA) is 107 Å². The Morgan fingerprint density at radius 2 is 1.85 bits per heavy atom. The van der Waals surface area contributed by atoms with Gasteiger partial charge in [-0.15, -0.1) is 12.4 Å². The normalized spacial score (nSPS) is 12.5. The van der Waals surface area contributed by atoms with Gasteiger partial charge < -0.3 is 5.73 Å². The molecule has 27 heavy (non-hydrogen) atoms. The van der Waals surface area contributed by atoms with Crippen LogP contribution in [0.25, 0.3) is 0 Å². The van der Waals surface area contributed by atoms with Gasteiger partial charge >= 0.3 is 0 Å². The zero-order chi connectivity index (χ0) is 19.5. The van der Waals surface area contributed by atoms with E-state index in [0.29, 0.717) is 5.56 Å². The summed E-state index contributed by atoms with van der Waals surface area (Å²) in [6.07, 6.45) is 0. The summed E-state index contributed by atoms with van der Waals surface area (Å²) in [5, 5.41) is 10.7. The van der Waals surface area contributed by atoms with Crippen LogP contribution in [0, 0.1) is 15.9 Å². The zero-order valence-electron chi connectivity index (χ0n) is 14.2. The Morgan fingerprint density at radius 1 is 1.26 bits per heavy atom. The van der Waals surface area contributed by atoms with Gasteiger partial charge in [-0.05, 0) is 45.8 Å². The monoisotopic (exact) mass is 481 g/mol. The Balaban J connectivity index is 0.00000364. The molecule has 2 N–H and O–H groups in total. The fourth-order valence-electron chi connectivity index (χ4n) is 2.35. The van der Waals surface area contributed by atoms with Crippen LogP contribution in [0.2, 0.25) is 0 Å². The largest absolute Gasteiger partial charge is 0.323 e. The molecule has 0 saturated carbocycles. The minimum Gasteiger partial charge on any atom is -0.323 e. The number of hydrogen-bond acceptors (Lipinski definition) is 5. The molecule has 0 unspecified atom stereocenters. The predicted octanol–water partition coefficient (Wildman–Crippen LogP) is 3.63. The highest BCUT2D eigenvalue weighted by atomic mass is 79.9. The molecule has 0 aliphatic rings. The standard InChI is InChI=1S/C16H17BrFN3O4S.ClH/c1-2-20(10-16(19)11-3-8-15(18)14(17)9-11)26(24,25)13-6-4-12(5-7-13)21(22)23;/h3-9,16H,2,10,19H2,1H3;1H/t16-;/m0./s1. The van der Waals surface area contributed by atoms with Gasteiger partial charge in [0.25, 0.3) is 5.69 Å². The van der Waals surface area contributed by atoms with E-state index in [4.69, 9.17) is 5.73 Å². The van der Waals surface area contributed by atoms with Crippen LogP contribution in [-0.2, 0) is 10.0 Å². The maximum atomic E-state index is 13.3. The predicted molar refractivity (Wildman–Crippen MR) is 106 cm³/mol. The van der Waals surface area contributed by atoms with Crippen molar-refractivity contribution >= 4 is 44.0 Å². The van der Waals surface area contributed by atoms with Gasteiger partial charge in [0.2, 0.25) is 10.0 Å². The Morgan fingerprint density at radius 3 is 2.33 bits per heavy atom. The van der Waals surface area contributed by atoms with E-state index in [1.54, 1.807) is 6.92 Å². The summed E-state index contributed by atoms with van der Waals surface area (Å²) < 4.78 is 40.3. The summed E-state index contributed by atoms with van der Waals surface area (Å²) in [5.74, 6) is -0.438. The lowest BCUT2D eigenvalue weighted by Crippen LogP contribution is -2.37. The third-order valence-electron chi connectivity index (χ3n) is 3.81. The van der Waals surface area contributed by atoms with Gasteiger partial charge in [0.1, 0.15) is 5.82 Å². The van der Waals surface area contributed by atoms with E-state index in [2.05, 4.69) is 15.9 Å². The van der Waals surface area contributed by atoms with E-state index < -0.39 is 26.8 Å². The molecule has 1 atom stereocenters. The number of rotatable bonds is 7. The summed E-state index contributed by atoms with van der Waals surface area (Å²) in [4.78, 5) is 10.0. The second-order valence-corrected chi connectivity index (χ2v) is 8.28. The molecule has 11 heteroatoms. The number of nitro groups is 1. The van der Waals surface area contributed by atoms with Crippen LogP contribution in [0.1, 0.15) is 18.5 Å². The SMILES string of the molecule is CCN(C[C@H](N)c1ccc(F)c(Br)c1)S(=O)(=O)c1ccc([N+](=O)[O-])cc1.Cl. The first-order valence-corrected chi connectivity index (χ1v) is 9.85. The molecule has 0 aliphatic carbocycles. The molecule has 2 aromatic carbocycles. The number of non-ortho nitro benzene ring substituents is 1. The van der Waals surface area contributed by atoms with E-state index in [1.807, 2.05) is 0 Å². The number of hydrogen-bond donors (Lipinski definition) is 1. The van der Waals surface area contributed by atoms with Crippen molar-refractivity contribution in [1.82, 2.24) is 4.31 Å². The zero-order valence-corrected chi connectivity index (χ0v) is 17.4. The number of nitrogens with zero attached hydrogens (tertiary/aromatic N) is 2. The van der Waals surface area contributed by atoms with Gasteiger partial charge in [-0.25, -0.2) is 12.8 Å². The number of sulfonamides is 1. The molecule has 0 bridgehead atoms. The van der Waals surface area contributed by atoms with E-state index in [9.17, 15) is 22.9 Å². The molecule has 2 aromatic rings. The van der Waals surface area contributed by atoms with E-state index in [0.717, 1.165) is 12.1 Å². The van der Waals surface area contributed by atoms with Crippen molar-refractivity contribution in [2.45, 2.75) is 17.9 Å². The molecule has 148 valence electrons. The van der Waals surface area contributed by atoms with Crippen molar-refractivity contribution in [2.24, 2.45) is 5.73 Å². The number of benzene rings is 2. The molecule has 7 nitrogen and oxygen atoms in total. The van der Waals surface area contributed by atoms with Crippen molar-refractivity contribution in [3.63, 3.8) is 0 Å². The summed E-state index contributed by atoms with van der Waals surface area (Å²) in [5.41, 5.74) is 6.48. The van der Waals surface area contributed by atoms with Gasteiger partial charge in [-0.1, -0.05) is 13.0 Å². The molecule has 0 aliphatic heterocycles. The van der Waals surface area contributed by atoms with Crippen LogP contribution >= 0.6 is 28.3 Å². The second-order valence-electron chi connectivity index (χ2n) is 5.49. The Kier molecular flexibility index (Phi) is 8.30. The molecule has 0 spiro atoms. The van der Waals surface area contributed by atoms with E-state index >= 15 is 0 Å². The highest BCUT2D eigenvalue weighted by Gasteiger charge is 2.26. The second kappa shape index (κ2) is 9.56. The Labute approximate surface area is 171 Å². The number of nitro benzene ring substituents is 1. The molecule has 0 heterocycles. The summed E-state index contributed by atoms with van der Waals surface area (Å²) in [6.45, 7) is 1.81. The van der Waals surface area contributed by atoms with E-state index in [1.165, 1.54) is 34.6 Å². The first-order chi connectivity index (χ1) is 12.2. The van der Waals surface area contributed by atoms with Crippen LogP contribution in [0.15, 0.2) is 51.8 Å². The van der Waals surface area contributed by atoms with Gasteiger partial charge in [-0.3, -0.25) is 10.1 Å². The van der Waals surface area contributed by atoms with Crippen LogP contribution in [0.4, 0.5) is 10.1 Å². The van der Waals surface area contributed by atoms with Crippen molar-refractivity contribution in [1.29, 1.82) is 0 Å². The molecule has 0 amide bonds. The van der Waals surface area contributed by atoms with Crippen LogP contribution in [0.3, 0.4) is 0 Å². The smallest absolute Gasteiger partial charge is 0.269 e. The van der Waals surface area contributed by atoms with Crippen LogP contribution in [0.5, 0.6) is 0 Å². The van der Waals surface area contributed by atoms with Crippen LogP contribution in [-0.4, -0.2) is 30.7 Å². The highest BCUT2D eigenvalue weighted by Crippen LogP contribution is 2.24. The van der Waals surface area contributed by atoms with Crippen molar-refractivity contribution in [2.75, 3.05) is 13.1 Å². The third-order valence-corrected chi connectivity index (χ3v) is 6.37. The lowest BCUT2D eigenvalue weighted by molar-refractivity contribution is -0.384. The van der Waals surface area contributed by atoms with Gasteiger partial charge in [0.05, 0.1) is 14.3 Å². The van der Waals surface area contributed by atoms with Crippen molar-refractivity contribution in [3.05, 3.63) is 68.4 Å². The molecule has 2 rings (SSSR count). The van der Waals surface area contributed by atoms with Gasteiger partial charge in [-0.2, -0.15) is 4.31 Å². The van der Waals surface area contributed by atoms with Gasteiger partial charge in [0.15, 0.2) is 0 Å². The summed E-state index contributed by atoms with van der Waals surface area (Å²) >= 11 is 3.07. The quantitative estimate of drug-likeness (QED) is 0.479. The Bertz CT molecular complexity index is 912. The fraction of sp³-hybridized carbons (Fsp3) is 0.250. The minimum atomic E-state index is -3.87. The van der Waals surface area contributed by atoms with E-state index in [-0.39, 0.29) is 40.6 Å². The number of nitrogens with two attached hydrogens (primary N) is 1. The summed E-state index contributed by atoms with van der Waals surface area (Å²) in [7, 11) is -3.87. The first-order valence-electron chi connectivity index (χ1n) is 7.62. The average molecular weight is 483 g/mol. The maximum absolute atomic E-state index is 13.3. The lowest BCUT2D eigenvalue weighted by atomic mass is 10.1. The fourth-order valence-corrected chi connectivity index (χ4v) is 4.23. The molecule has 0 radical (unpaired) electrons. The minimum absolute atomic E-state index is 0. The third kappa shape index (κ3) is 5.45. The molecule has 0 saturated heterocycles. The maximum Gasteiger partial charge on any atom is 0.269 e. The first kappa shape index (κ1) is 23.4. The molecule has 0 aromatic heterocycles. The molecule has 0 fully saturated rings. The van der Waals surface area contributed by atoms with Crippen molar-refractivity contribution in [3.8, 4) is 0 Å². The van der Waals surface area contributed by atoms with Gasteiger partial charge in [0, 0.05) is 31.3 Å². The number of likely N-dealkylation sites (N-methyl/N-ethyl adjacent to an activating group) is 1. The molecular weight excluding hydrogens is 465 g/mol. The average Bonchev–Trinajstić information content (AvgIpc) is 2.61. The highest BCUT2D eigenvalue weighted by molar-refractivity contribution is 9.10. The number of halogens is 3. The van der Waals surface area contributed by atoms with Crippen molar-refractivity contribution < 1.29 is 17.7 Å².